The standard InChI is InChI=1S/C19H21F3N6O2/c1-11(13-4-2-3-5-15(13)30-19(20,21)22)28-16-14(26-18(28)29)10-25-17(27-16)24-9-12-6-7-23-8-12/h2-5,10-12,23H,6-9H2,1H3,(H,26,29)(H,24,25,27)/t11-,12+/m0/s1. The number of anilines is 1. The Kier molecular flexibility index (Phi) is 5.37. The summed E-state index contributed by atoms with van der Waals surface area (Å²) in [6.07, 6.45) is -2.30. The second kappa shape index (κ2) is 7.98. The molecule has 3 aromatic rings. The van der Waals surface area contributed by atoms with Gasteiger partial charge in [0.05, 0.1) is 12.2 Å². The van der Waals surface area contributed by atoms with Crippen molar-refractivity contribution in [2.45, 2.75) is 25.7 Å². The summed E-state index contributed by atoms with van der Waals surface area (Å²) >= 11 is 0. The highest BCUT2D eigenvalue weighted by Crippen LogP contribution is 2.32. The molecule has 160 valence electrons. The van der Waals surface area contributed by atoms with Crippen molar-refractivity contribution in [1.82, 2.24) is 24.8 Å². The van der Waals surface area contributed by atoms with Gasteiger partial charge in [-0.05, 0) is 38.4 Å². The predicted octanol–water partition coefficient (Wildman–Crippen LogP) is 2.65. The number of rotatable bonds is 6. The fourth-order valence-corrected chi connectivity index (χ4v) is 3.67. The van der Waals surface area contributed by atoms with Crippen LogP contribution in [0.3, 0.4) is 0 Å². The van der Waals surface area contributed by atoms with E-state index >= 15 is 0 Å². The molecular formula is C19H21F3N6O2. The summed E-state index contributed by atoms with van der Waals surface area (Å²) < 4.78 is 43.8. The first-order valence-electron chi connectivity index (χ1n) is 9.58. The van der Waals surface area contributed by atoms with Crippen LogP contribution in [0.5, 0.6) is 5.75 Å². The Balaban J connectivity index is 1.67. The summed E-state index contributed by atoms with van der Waals surface area (Å²) in [5.74, 6) is 0.456. The van der Waals surface area contributed by atoms with Gasteiger partial charge in [-0.15, -0.1) is 13.2 Å². The normalized spacial score (nSPS) is 17.9. The Morgan fingerprint density at radius 3 is 2.90 bits per heavy atom. The Hall–Kier alpha value is -3.08. The largest absolute Gasteiger partial charge is 0.573 e. The van der Waals surface area contributed by atoms with E-state index in [1.54, 1.807) is 13.0 Å². The number of H-pyrrole nitrogens is 1. The molecule has 11 heteroatoms. The van der Waals surface area contributed by atoms with Gasteiger partial charge >= 0.3 is 12.1 Å². The van der Waals surface area contributed by atoms with Crippen molar-refractivity contribution in [1.29, 1.82) is 0 Å². The zero-order valence-corrected chi connectivity index (χ0v) is 16.2. The molecule has 0 aliphatic carbocycles. The third-order valence-corrected chi connectivity index (χ3v) is 5.15. The third-order valence-electron chi connectivity index (χ3n) is 5.15. The van der Waals surface area contributed by atoms with E-state index in [1.165, 1.54) is 29.0 Å². The lowest BCUT2D eigenvalue weighted by molar-refractivity contribution is -0.275. The van der Waals surface area contributed by atoms with Gasteiger partial charge in [-0.1, -0.05) is 18.2 Å². The molecule has 8 nitrogen and oxygen atoms in total. The van der Waals surface area contributed by atoms with Gasteiger partial charge in [0.15, 0.2) is 5.65 Å². The molecule has 0 spiro atoms. The number of imidazole rings is 1. The van der Waals surface area contributed by atoms with Crippen molar-refractivity contribution in [3.8, 4) is 5.75 Å². The maximum absolute atomic E-state index is 12.8. The van der Waals surface area contributed by atoms with Gasteiger partial charge in [-0.2, -0.15) is 4.98 Å². The molecule has 1 saturated heterocycles. The maximum Gasteiger partial charge on any atom is 0.573 e. The first-order chi connectivity index (χ1) is 14.3. The second-order valence-corrected chi connectivity index (χ2v) is 7.23. The van der Waals surface area contributed by atoms with Gasteiger partial charge in [-0.25, -0.2) is 9.78 Å². The first kappa shape index (κ1) is 20.2. The predicted molar refractivity (Wildman–Crippen MR) is 105 cm³/mol. The Labute approximate surface area is 169 Å². The number of ether oxygens (including phenoxy) is 1. The second-order valence-electron chi connectivity index (χ2n) is 7.23. The molecule has 0 bridgehead atoms. The number of halogens is 3. The lowest BCUT2D eigenvalue weighted by Gasteiger charge is -2.19. The molecule has 4 rings (SSSR count). The number of aromatic nitrogens is 4. The van der Waals surface area contributed by atoms with Crippen molar-refractivity contribution in [2.24, 2.45) is 5.92 Å². The van der Waals surface area contributed by atoms with Crippen LogP contribution in [-0.4, -0.2) is 45.5 Å². The number of fused-ring (bicyclic) bond motifs is 1. The summed E-state index contributed by atoms with van der Waals surface area (Å²) in [5.41, 5.74) is 0.416. The zero-order valence-electron chi connectivity index (χ0n) is 16.2. The van der Waals surface area contributed by atoms with Crippen molar-refractivity contribution in [2.75, 3.05) is 25.0 Å². The Morgan fingerprint density at radius 2 is 2.17 bits per heavy atom. The van der Waals surface area contributed by atoms with Gasteiger partial charge in [0, 0.05) is 12.1 Å². The number of hydrogen-bond donors (Lipinski definition) is 3. The Morgan fingerprint density at radius 1 is 1.37 bits per heavy atom. The number of benzene rings is 1. The summed E-state index contributed by atoms with van der Waals surface area (Å²) in [7, 11) is 0. The lowest BCUT2D eigenvalue weighted by atomic mass is 10.1. The minimum Gasteiger partial charge on any atom is -0.405 e. The molecule has 0 amide bonds. The molecule has 1 aromatic carbocycles. The molecule has 0 saturated carbocycles. The summed E-state index contributed by atoms with van der Waals surface area (Å²) in [6, 6.07) is 4.98. The fraction of sp³-hybridized carbons (Fsp3) is 0.421. The van der Waals surface area contributed by atoms with Crippen LogP contribution in [0, 0.1) is 5.92 Å². The van der Waals surface area contributed by atoms with Crippen molar-refractivity contribution in [3.05, 3.63) is 46.5 Å². The number of nitrogens with zero attached hydrogens (tertiary/aromatic N) is 3. The van der Waals surface area contributed by atoms with Gasteiger partial charge < -0.3 is 20.4 Å². The first-order valence-corrected chi connectivity index (χ1v) is 9.58. The van der Waals surface area contributed by atoms with E-state index in [4.69, 9.17) is 0 Å². The van der Waals surface area contributed by atoms with E-state index in [0.29, 0.717) is 29.6 Å². The average molecular weight is 422 g/mol. The SMILES string of the molecule is C[C@@H](c1ccccc1OC(F)(F)F)n1c(=O)[nH]c2cnc(NC[C@@H]3CCNC3)nc21. The van der Waals surface area contributed by atoms with E-state index in [1.807, 2.05) is 0 Å². The van der Waals surface area contributed by atoms with Gasteiger partial charge in [-0.3, -0.25) is 4.57 Å². The van der Waals surface area contributed by atoms with Gasteiger partial charge in [0.2, 0.25) is 5.95 Å². The molecule has 0 unspecified atom stereocenters. The molecule has 30 heavy (non-hydrogen) atoms. The molecule has 2 aromatic heterocycles. The Bertz CT molecular complexity index is 1090. The average Bonchev–Trinajstić information content (AvgIpc) is 3.31. The van der Waals surface area contributed by atoms with Crippen LogP contribution in [0.1, 0.15) is 24.9 Å². The molecular weight excluding hydrogens is 401 g/mol. The minimum atomic E-state index is -4.84. The van der Waals surface area contributed by atoms with E-state index in [9.17, 15) is 18.0 Å². The molecule has 3 N–H and O–H groups in total. The maximum atomic E-state index is 12.8. The highest BCUT2D eigenvalue weighted by molar-refractivity contribution is 5.71. The van der Waals surface area contributed by atoms with E-state index < -0.39 is 18.1 Å². The number of hydrogen-bond acceptors (Lipinski definition) is 6. The highest BCUT2D eigenvalue weighted by Gasteiger charge is 2.33. The van der Waals surface area contributed by atoms with Crippen LogP contribution in [0.2, 0.25) is 0 Å². The lowest BCUT2D eigenvalue weighted by Crippen LogP contribution is -2.24. The quantitative estimate of drug-likeness (QED) is 0.565. The topological polar surface area (TPSA) is 96.9 Å². The third kappa shape index (κ3) is 4.25. The van der Waals surface area contributed by atoms with Crippen LogP contribution >= 0.6 is 0 Å². The summed E-state index contributed by atoms with van der Waals surface area (Å²) in [6.45, 7) is 4.19. The molecule has 3 heterocycles. The molecule has 1 aliphatic heterocycles. The van der Waals surface area contributed by atoms with Crippen molar-refractivity contribution < 1.29 is 17.9 Å². The van der Waals surface area contributed by atoms with Crippen LogP contribution in [-0.2, 0) is 0 Å². The highest BCUT2D eigenvalue weighted by atomic mass is 19.4. The van der Waals surface area contributed by atoms with Crippen molar-refractivity contribution >= 4 is 17.1 Å². The molecule has 1 aliphatic rings. The van der Waals surface area contributed by atoms with Crippen LogP contribution in [0.4, 0.5) is 19.1 Å². The number of para-hydroxylation sites is 1. The van der Waals surface area contributed by atoms with E-state index in [-0.39, 0.29) is 11.3 Å². The minimum absolute atomic E-state index is 0.211. The number of alkyl halides is 3. The monoisotopic (exact) mass is 422 g/mol. The van der Waals surface area contributed by atoms with Crippen LogP contribution < -0.4 is 21.1 Å². The molecule has 1 fully saturated rings. The van der Waals surface area contributed by atoms with Crippen LogP contribution in [0.15, 0.2) is 35.3 Å². The smallest absolute Gasteiger partial charge is 0.405 e. The number of aromatic amines is 1. The van der Waals surface area contributed by atoms with E-state index in [2.05, 4.69) is 30.3 Å². The summed E-state index contributed by atoms with van der Waals surface area (Å²) in [4.78, 5) is 23.9. The van der Waals surface area contributed by atoms with Crippen LogP contribution in [0.25, 0.3) is 11.2 Å². The molecule has 0 radical (unpaired) electrons. The number of nitrogens with one attached hydrogen (secondary N) is 3. The fourth-order valence-electron chi connectivity index (χ4n) is 3.67. The van der Waals surface area contributed by atoms with Crippen molar-refractivity contribution in [3.63, 3.8) is 0 Å². The van der Waals surface area contributed by atoms with Gasteiger partial charge in [0.25, 0.3) is 0 Å². The molecule has 2 atom stereocenters. The summed E-state index contributed by atoms with van der Waals surface area (Å²) in [5, 5.41) is 6.45. The van der Waals surface area contributed by atoms with E-state index in [0.717, 1.165) is 19.5 Å². The zero-order chi connectivity index (χ0) is 21.3. The van der Waals surface area contributed by atoms with Gasteiger partial charge in [0.1, 0.15) is 11.3 Å².